The highest BCUT2D eigenvalue weighted by molar-refractivity contribution is 5.17. The molecule has 116 valence electrons. The van der Waals surface area contributed by atoms with Crippen LogP contribution in [-0.4, -0.2) is 22.9 Å². The number of hydrogen-bond acceptors (Lipinski definition) is 2. The first kappa shape index (κ1) is 13.8. The lowest BCUT2D eigenvalue weighted by Crippen LogP contribution is -2.32. The lowest BCUT2D eigenvalue weighted by molar-refractivity contribution is 0.372. The molecule has 6 unspecified atom stereocenters. The van der Waals surface area contributed by atoms with Gasteiger partial charge < -0.3 is 5.32 Å². The predicted octanol–water partition coefficient (Wildman–Crippen LogP) is 3.28. The van der Waals surface area contributed by atoms with E-state index in [1.54, 1.807) is 6.42 Å². The minimum absolute atomic E-state index is 0.517. The van der Waals surface area contributed by atoms with Crippen LogP contribution in [0.25, 0.3) is 0 Å². The highest BCUT2D eigenvalue weighted by Crippen LogP contribution is 2.70. The Morgan fingerprint density at radius 1 is 1.33 bits per heavy atom. The zero-order valence-electron chi connectivity index (χ0n) is 13.6. The Morgan fingerprint density at radius 3 is 2.67 bits per heavy atom. The summed E-state index contributed by atoms with van der Waals surface area (Å²) >= 11 is 0. The van der Waals surface area contributed by atoms with Crippen molar-refractivity contribution in [1.82, 2.24) is 15.1 Å². The summed E-state index contributed by atoms with van der Waals surface area (Å²) in [5.74, 6) is 5.18. The first-order valence-corrected chi connectivity index (χ1v) is 8.94. The van der Waals surface area contributed by atoms with E-state index in [0.717, 1.165) is 42.4 Å². The normalized spacial score (nSPS) is 39.3. The first-order valence-electron chi connectivity index (χ1n) is 8.94. The highest BCUT2D eigenvalue weighted by atomic mass is 15.3. The maximum Gasteiger partial charge on any atom is 0.0640 e. The van der Waals surface area contributed by atoms with Crippen molar-refractivity contribution in [3.8, 4) is 0 Å². The van der Waals surface area contributed by atoms with Crippen LogP contribution < -0.4 is 5.32 Å². The molecule has 0 amide bonds. The summed E-state index contributed by atoms with van der Waals surface area (Å²) < 4.78 is 2.14. The minimum atomic E-state index is 0.517. The number of fused-ring (bicyclic) bond motifs is 5. The maximum absolute atomic E-state index is 4.80. The zero-order chi connectivity index (χ0) is 14.6. The van der Waals surface area contributed by atoms with Gasteiger partial charge in [0.25, 0.3) is 0 Å². The lowest BCUT2D eigenvalue weighted by atomic mass is 9.95. The topological polar surface area (TPSA) is 29.9 Å². The van der Waals surface area contributed by atoms with E-state index < -0.39 is 0 Å². The zero-order valence-corrected chi connectivity index (χ0v) is 13.6. The molecule has 0 spiro atoms. The molecule has 3 saturated carbocycles. The summed E-state index contributed by atoms with van der Waals surface area (Å²) in [6.45, 7) is 4.47. The van der Waals surface area contributed by atoms with Gasteiger partial charge in [0.05, 0.1) is 5.69 Å². The van der Waals surface area contributed by atoms with Crippen LogP contribution in [0.1, 0.15) is 51.3 Å². The van der Waals surface area contributed by atoms with E-state index in [1.165, 1.54) is 18.5 Å². The fourth-order valence-electron chi connectivity index (χ4n) is 5.51. The summed E-state index contributed by atoms with van der Waals surface area (Å²) in [5.41, 5.74) is 1.27. The van der Waals surface area contributed by atoms with E-state index in [-0.39, 0.29) is 0 Å². The van der Waals surface area contributed by atoms with E-state index in [0.29, 0.717) is 12.1 Å². The van der Waals surface area contributed by atoms with Gasteiger partial charge in [0, 0.05) is 24.7 Å². The van der Waals surface area contributed by atoms with Crippen LogP contribution in [0.3, 0.4) is 0 Å². The second-order valence-corrected chi connectivity index (χ2v) is 7.71. The van der Waals surface area contributed by atoms with Gasteiger partial charge in [0.1, 0.15) is 0 Å². The third-order valence-corrected chi connectivity index (χ3v) is 6.77. The molecule has 6 atom stereocenters. The first-order chi connectivity index (χ1) is 10.2. The van der Waals surface area contributed by atoms with Crippen molar-refractivity contribution in [2.24, 2.45) is 29.6 Å². The van der Waals surface area contributed by atoms with E-state index in [4.69, 9.17) is 5.10 Å². The third-order valence-electron chi connectivity index (χ3n) is 6.77. The van der Waals surface area contributed by atoms with Crippen molar-refractivity contribution in [3.63, 3.8) is 0 Å². The van der Waals surface area contributed by atoms with E-state index in [2.05, 4.69) is 43.2 Å². The molecule has 1 N–H and O–H groups in total. The van der Waals surface area contributed by atoms with Gasteiger partial charge in [-0.25, -0.2) is 0 Å². The molecule has 1 aromatic heterocycles. The fraction of sp³-hybridized carbons (Fsp3) is 0.833. The molecule has 3 nitrogen and oxygen atoms in total. The number of aromatic nitrogens is 2. The molecule has 3 aliphatic rings. The van der Waals surface area contributed by atoms with Crippen molar-refractivity contribution in [3.05, 3.63) is 18.0 Å². The molecule has 3 aliphatic carbocycles. The number of hydrogen-bond donors (Lipinski definition) is 1. The predicted molar refractivity (Wildman–Crippen MR) is 85.1 cm³/mol. The van der Waals surface area contributed by atoms with Crippen LogP contribution in [0.5, 0.6) is 0 Å². The third kappa shape index (κ3) is 2.16. The van der Waals surface area contributed by atoms with Crippen molar-refractivity contribution in [2.75, 3.05) is 7.05 Å². The van der Waals surface area contributed by atoms with Gasteiger partial charge in [-0.05, 0) is 75.3 Å². The largest absolute Gasteiger partial charge is 0.316 e. The Bertz CT molecular complexity index is 492. The second kappa shape index (κ2) is 5.12. The average molecular weight is 287 g/mol. The van der Waals surface area contributed by atoms with E-state index >= 15 is 0 Å². The van der Waals surface area contributed by atoms with Crippen molar-refractivity contribution in [1.29, 1.82) is 0 Å². The standard InChI is InChI=1S/C18H29N3/c1-4-11(2)21-8-7-14(20-21)10-15(19-3)18-16-12-5-6-13(9-12)17(16)18/h7-8,11-13,15-19H,4-6,9-10H2,1-3H3. The Hall–Kier alpha value is -0.830. The number of likely N-dealkylation sites (N-methyl/N-ethyl adjacent to an activating group) is 1. The van der Waals surface area contributed by atoms with Crippen LogP contribution in [0.4, 0.5) is 0 Å². The van der Waals surface area contributed by atoms with Gasteiger partial charge in [-0.3, -0.25) is 4.68 Å². The molecule has 0 aliphatic heterocycles. The number of nitrogens with zero attached hydrogens (tertiary/aromatic N) is 2. The minimum Gasteiger partial charge on any atom is -0.316 e. The SMILES string of the molecule is CCC(C)n1ccc(CC(NC)C2C3C4CCC(C4)C32)n1. The Kier molecular flexibility index (Phi) is 3.36. The monoisotopic (exact) mass is 287 g/mol. The average Bonchev–Trinajstić information content (AvgIpc) is 2.91. The number of rotatable bonds is 6. The van der Waals surface area contributed by atoms with E-state index in [9.17, 15) is 0 Å². The van der Waals surface area contributed by atoms with E-state index in [1.807, 2.05) is 0 Å². The molecule has 0 saturated heterocycles. The van der Waals surface area contributed by atoms with Crippen LogP contribution in [-0.2, 0) is 6.42 Å². The van der Waals surface area contributed by atoms with Gasteiger partial charge in [-0.2, -0.15) is 5.10 Å². The maximum atomic E-state index is 4.80. The molecule has 0 aromatic carbocycles. The van der Waals surface area contributed by atoms with Gasteiger partial charge in [-0.15, -0.1) is 0 Å². The molecule has 2 bridgehead atoms. The molecular weight excluding hydrogens is 258 g/mol. The van der Waals surface area contributed by atoms with Crippen molar-refractivity contribution >= 4 is 0 Å². The van der Waals surface area contributed by atoms with Crippen LogP contribution >= 0.6 is 0 Å². The van der Waals surface area contributed by atoms with Crippen LogP contribution in [0.15, 0.2) is 12.3 Å². The Morgan fingerprint density at radius 2 is 2.05 bits per heavy atom. The summed E-state index contributed by atoms with van der Waals surface area (Å²) in [6.07, 6.45) is 8.99. The summed E-state index contributed by atoms with van der Waals surface area (Å²) in [4.78, 5) is 0. The van der Waals surface area contributed by atoms with Crippen LogP contribution in [0, 0.1) is 29.6 Å². The molecule has 0 radical (unpaired) electrons. The van der Waals surface area contributed by atoms with Gasteiger partial charge in [0.15, 0.2) is 0 Å². The summed E-state index contributed by atoms with van der Waals surface area (Å²) in [7, 11) is 2.15. The van der Waals surface area contributed by atoms with Gasteiger partial charge in [0.2, 0.25) is 0 Å². The molecule has 1 aromatic rings. The van der Waals surface area contributed by atoms with Crippen molar-refractivity contribution < 1.29 is 0 Å². The van der Waals surface area contributed by atoms with Gasteiger partial charge >= 0.3 is 0 Å². The molecule has 3 fully saturated rings. The van der Waals surface area contributed by atoms with Crippen molar-refractivity contribution in [2.45, 2.75) is 58.0 Å². The smallest absolute Gasteiger partial charge is 0.0640 e. The second-order valence-electron chi connectivity index (χ2n) is 7.71. The molecular formula is C18H29N3. The fourth-order valence-corrected chi connectivity index (χ4v) is 5.51. The molecule has 3 heteroatoms. The quantitative estimate of drug-likeness (QED) is 0.870. The lowest BCUT2D eigenvalue weighted by Gasteiger charge is -2.19. The van der Waals surface area contributed by atoms with Crippen LogP contribution in [0.2, 0.25) is 0 Å². The highest BCUT2D eigenvalue weighted by Gasteiger charge is 2.66. The number of nitrogens with one attached hydrogen (secondary N) is 1. The van der Waals surface area contributed by atoms with Gasteiger partial charge in [-0.1, -0.05) is 6.92 Å². The summed E-state index contributed by atoms with van der Waals surface area (Å²) in [5, 5.41) is 8.42. The summed E-state index contributed by atoms with van der Waals surface area (Å²) in [6, 6.07) is 3.38. The molecule has 1 heterocycles. The molecule has 4 rings (SSSR count). The molecule has 21 heavy (non-hydrogen) atoms. The Labute approximate surface area is 128 Å². The Balaban J connectivity index is 1.42.